The van der Waals surface area contributed by atoms with Crippen LogP contribution in [0.3, 0.4) is 0 Å². The highest BCUT2D eigenvalue weighted by Crippen LogP contribution is 2.35. The molecule has 0 saturated carbocycles. The second-order valence-electron chi connectivity index (χ2n) is 7.79. The summed E-state index contributed by atoms with van der Waals surface area (Å²) >= 11 is 0. The molecule has 0 aromatic rings. The van der Waals surface area contributed by atoms with E-state index in [2.05, 4.69) is 28.9 Å². The van der Waals surface area contributed by atoms with Crippen molar-refractivity contribution in [3.05, 3.63) is 12.2 Å². The van der Waals surface area contributed by atoms with Gasteiger partial charge in [-0.25, -0.2) is 4.57 Å². The molecule has 0 aliphatic rings. The SMILES string of the molecule is CCCCCCCCC=CCCCCCCCC(=O)N[C@@H](CC)COP(=O)(O)O. The molecule has 6 nitrogen and oxygen atoms in total. The lowest BCUT2D eigenvalue weighted by Crippen LogP contribution is -2.37. The van der Waals surface area contributed by atoms with E-state index in [0.717, 1.165) is 25.7 Å². The highest BCUT2D eigenvalue weighted by Gasteiger charge is 2.18. The minimum absolute atomic E-state index is 0.0798. The maximum atomic E-state index is 11.9. The summed E-state index contributed by atoms with van der Waals surface area (Å²) in [5, 5.41) is 2.77. The van der Waals surface area contributed by atoms with Gasteiger partial charge in [-0.2, -0.15) is 0 Å². The van der Waals surface area contributed by atoms with Crippen molar-refractivity contribution in [2.75, 3.05) is 6.61 Å². The van der Waals surface area contributed by atoms with Crippen LogP contribution < -0.4 is 5.32 Å². The Kier molecular flexibility index (Phi) is 18.8. The number of phosphoric ester groups is 1. The summed E-state index contributed by atoms with van der Waals surface area (Å²) in [5.41, 5.74) is 0. The van der Waals surface area contributed by atoms with E-state index >= 15 is 0 Å². The number of rotatable bonds is 20. The molecule has 0 bridgehead atoms. The van der Waals surface area contributed by atoms with Crippen LogP contribution in [0.1, 0.15) is 110 Å². The zero-order valence-electron chi connectivity index (χ0n) is 18.6. The molecule has 0 spiro atoms. The largest absolute Gasteiger partial charge is 0.469 e. The number of carbonyl (C=O) groups is 1. The second-order valence-corrected chi connectivity index (χ2v) is 9.03. The molecule has 0 heterocycles. The molecule has 7 heteroatoms. The first-order valence-corrected chi connectivity index (χ1v) is 13.1. The molecule has 0 aliphatic carbocycles. The Hall–Kier alpha value is -0.680. The maximum Gasteiger partial charge on any atom is 0.469 e. The van der Waals surface area contributed by atoms with Crippen LogP contribution in [-0.2, 0) is 13.9 Å². The molecule has 0 saturated heterocycles. The third-order valence-corrected chi connectivity index (χ3v) is 5.45. The number of phosphoric acid groups is 1. The van der Waals surface area contributed by atoms with Crippen LogP contribution >= 0.6 is 7.82 Å². The van der Waals surface area contributed by atoms with E-state index in [1.807, 2.05) is 6.92 Å². The summed E-state index contributed by atoms with van der Waals surface area (Å²) in [5.74, 6) is -0.0798. The van der Waals surface area contributed by atoms with Gasteiger partial charge in [0.15, 0.2) is 0 Å². The Balaban J connectivity index is 3.49. The summed E-state index contributed by atoms with van der Waals surface area (Å²) in [4.78, 5) is 29.3. The number of hydrogen-bond donors (Lipinski definition) is 3. The van der Waals surface area contributed by atoms with Crippen LogP contribution in [0.15, 0.2) is 12.2 Å². The van der Waals surface area contributed by atoms with Crippen LogP contribution in [0.4, 0.5) is 0 Å². The zero-order chi connectivity index (χ0) is 21.8. The van der Waals surface area contributed by atoms with Gasteiger partial charge < -0.3 is 15.1 Å². The van der Waals surface area contributed by atoms with Crippen molar-refractivity contribution >= 4 is 13.7 Å². The molecule has 1 amide bonds. The van der Waals surface area contributed by atoms with Gasteiger partial charge in [-0.15, -0.1) is 0 Å². The summed E-state index contributed by atoms with van der Waals surface area (Å²) < 4.78 is 15.2. The third-order valence-electron chi connectivity index (χ3n) is 4.97. The molecule has 0 fully saturated rings. The van der Waals surface area contributed by atoms with Crippen molar-refractivity contribution in [2.45, 2.75) is 116 Å². The smallest absolute Gasteiger partial charge is 0.351 e. The van der Waals surface area contributed by atoms with Crippen molar-refractivity contribution in [1.82, 2.24) is 5.32 Å². The minimum atomic E-state index is -4.49. The van der Waals surface area contributed by atoms with E-state index in [0.29, 0.717) is 12.8 Å². The van der Waals surface area contributed by atoms with E-state index in [1.165, 1.54) is 57.8 Å². The van der Waals surface area contributed by atoms with Gasteiger partial charge in [0.05, 0.1) is 12.6 Å². The van der Waals surface area contributed by atoms with Crippen molar-refractivity contribution in [3.8, 4) is 0 Å². The van der Waals surface area contributed by atoms with Gasteiger partial charge in [-0.05, 0) is 38.5 Å². The van der Waals surface area contributed by atoms with Gasteiger partial charge in [0.2, 0.25) is 5.91 Å². The van der Waals surface area contributed by atoms with E-state index in [9.17, 15) is 9.36 Å². The van der Waals surface area contributed by atoms with Crippen molar-refractivity contribution in [2.24, 2.45) is 0 Å². The summed E-state index contributed by atoms with van der Waals surface area (Å²) in [6, 6.07) is -0.363. The molecule has 29 heavy (non-hydrogen) atoms. The number of nitrogens with one attached hydrogen (secondary N) is 1. The molecule has 0 rings (SSSR count). The summed E-state index contributed by atoms with van der Waals surface area (Å²) in [6.45, 7) is 3.92. The highest BCUT2D eigenvalue weighted by atomic mass is 31.2. The molecule has 0 aromatic heterocycles. The zero-order valence-corrected chi connectivity index (χ0v) is 19.5. The Bertz CT molecular complexity index is 464. The number of unbranched alkanes of at least 4 members (excludes halogenated alkanes) is 11. The fourth-order valence-corrected chi connectivity index (χ4v) is 3.48. The number of hydrogen-bond acceptors (Lipinski definition) is 3. The van der Waals surface area contributed by atoms with Crippen LogP contribution in [0, 0.1) is 0 Å². The maximum absolute atomic E-state index is 11.9. The lowest BCUT2D eigenvalue weighted by atomic mass is 10.1. The quantitative estimate of drug-likeness (QED) is 0.124. The van der Waals surface area contributed by atoms with Gasteiger partial charge in [0.25, 0.3) is 0 Å². The lowest BCUT2D eigenvalue weighted by Gasteiger charge is -2.17. The second kappa shape index (κ2) is 19.3. The Labute approximate surface area is 178 Å². The summed E-state index contributed by atoms with van der Waals surface area (Å²) in [7, 11) is -4.49. The molecule has 0 radical (unpaired) electrons. The number of amides is 1. The normalized spacial score (nSPS) is 13.1. The molecule has 1 atom stereocenters. The Morgan fingerprint density at radius 3 is 1.93 bits per heavy atom. The van der Waals surface area contributed by atoms with Gasteiger partial charge in [-0.1, -0.05) is 77.4 Å². The first-order valence-electron chi connectivity index (χ1n) is 11.5. The topological polar surface area (TPSA) is 95.9 Å². The van der Waals surface area contributed by atoms with Crippen molar-refractivity contribution in [1.29, 1.82) is 0 Å². The van der Waals surface area contributed by atoms with Gasteiger partial charge in [0.1, 0.15) is 0 Å². The first kappa shape index (κ1) is 28.3. The Morgan fingerprint density at radius 1 is 0.897 bits per heavy atom. The average Bonchev–Trinajstić information content (AvgIpc) is 2.67. The molecule has 0 aromatic carbocycles. The minimum Gasteiger partial charge on any atom is -0.351 e. The van der Waals surface area contributed by atoms with Crippen LogP contribution in [0.5, 0.6) is 0 Å². The standard InChI is InChI=1S/C22H44NO5P/c1-3-5-6-7-8-9-10-11-12-13-14-15-16-17-18-19-22(24)23-21(4-2)20-28-29(25,26)27/h11-12,21H,3-10,13-20H2,1-2H3,(H,23,24)(H2,25,26,27)/t21-/m0/s1. The fraction of sp³-hybridized carbons (Fsp3) is 0.864. The van der Waals surface area contributed by atoms with Gasteiger partial charge in [0, 0.05) is 6.42 Å². The molecule has 0 unspecified atom stereocenters. The molecular formula is C22H44NO5P. The molecule has 0 aliphatic heterocycles. The van der Waals surface area contributed by atoms with E-state index < -0.39 is 7.82 Å². The fourth-order valence-electron chi connectivity index (χ4n) is 3.10. The highest BCUT2D eigenvalue weighted by molar-refractivity contribution is 7.46. The van der Waals surface area contributed by atoms with E-state index in [-0.39, 0.29) is 18.6 Å². The number of carbonyl (C=O) groups excluding carboxylic acids is 1. The van der Waals surface area contributed by atoms with Crippen molar-refractivity contribution < 1.29 is 23.7 Å². The molecule has 172 valence electrons. The van der Waals surface area contributed by atoms with Gasteiger partial charge >= 0.3 is 7.82 Å². The average molecular weight is 434 g/mol. The van der Waals surface area contributed by atoms with Crippen LogP contribution in [-0.4, -0.2) is 28.3 Å². The van der Waals surface area contributed by atoms with E-state index in [4.69, 9.17) is 9.79 Å². The van der Waals surface area contributed by atoms with Crippen molar-refractivity contribution in [3.63, 3.8) is 0 Å². The predicted molar refractivity (Wildman–Crippen MR) is 120 cm³/mol. The molecule has 3 N–H and O–H groups in total. The van der Waals surface area contributed by atoms with Crippen LogP contribution in [0.2, 0.25) is 0 Å². The molecular weight excluding hydrogens is 389 g/mol. The monoisotopic (exact) mass is 433 g/mol. The first-order chi connectivity index (χ1) is 13.9. The lowest BCUT2D eigenvalue weighted by molar-refractivity contribution is -0.122. The summed E-state index contributed by atoms with van der Waals surface area (Å²) in [6.07, 6.45) is 21.5. The third kappa shape index (κ3) is 21.8. The number of allylic oxidation sites excluding steroid dienone is 2. The van der Waals surface area contributed by atoms with Gasteiger partial charge in [-0.3, -0.25) is 9.32 Å². The predicted octanol–water partition coefficient (Wildman–Crippen LogP) is 6.03. The Morgan fingerprint density at radius 2 is 1.41 bits per heavy atom. The van der Waals surface area contributed by atoms with E-state index in [1.54, 1.807) is 0 Å². The van der Waals surface area contributed by atoms with Crippen LogP contribution in [0.25, 0.3) is 0 Å².